The average Bonchev–Trinajstić information content (AvgIpc) is 3.56. The van der Waals surface area contributed by atoms with Crippen molar-refractivity contribution in [2.24, 2.45) is 0 Å². The van der Waals surface area contributed by atoms with Crippen LogP contribution in [0.2, 0.25) is 0 Å². The molecule has 0 spiro atoms. The lowest BCUT2D eigenvalue weighted by molar-refractivity contribution is -0.0365. The first kappa shape index (κ1) is 25.3. The minimum Gasteiger partial charge on any atom is -0.491 e. The first-order valence-corrected chi connectivity index (χ1v) is 13.8. The van der Waals surface area contributed by atoms with E-state index in [0.29, 0.717) is 24.9 Å². The van der Waals surface area contributed by atoms with Gasteiger partial charge in [-0.05, 0) is 57.7 Å². The quantitative estimate of drug-likeness (QED) is 0.496. The van der Waals surface area contributed by atoms with Gasteiger partial charge in [0, 0.05) is 44.7 Å². The number of nitrogens with zero attached hydrogens (tertiary/aromatic N) is 5. The number of methoxy groups -OCH3 is 1. The smallest absolute Gasteiger partial charge is 0.319 e. The largest absolute Gasteiger partial charge is 0.491 e. The van der Waals surface area contributed by atoms with Crippen molar-refractivity contribution >= 4 is 16.7 Å². The molecule has 0 amide bonds. The maximum absolute atomic E-state index is 6.28. The van der Waals surface area contributed by atoms with E-state index in [9.17, 15) is 0 Å². The van der Waals surface area contributed by atoms with Gasteiger partial charge in [0.15, 0.2) is 6.23 Å². The standard InChI is InChI=1S/C28H37N5O5/c1-18-10-13-35-17-19(2)38-28-29-23(15-25(30-28)32-11-9-21(16-32)34-3)27-22-14-20(37-18)7-8-24(22)33(31-27)26-6-4-5-12-36-26/h7-8,14-15,18-19,21,26H,4-6,9-13,16-17H2,1-3H3/t18-,19+,21+,26?/m0/s1. The number of fused-ring (bicyclic) bond motifs is 4. The number of ether oxygens (including phenoxy) is 5. The topological polar surface area (TPSA) is 93.0 Å². The Morgan fingerprint density at radius 2 is 1.89 bits per heavy atom. The molecular weight excluding hydrogens is 486 g/mol. The van der Waals surface area contributed by atoms with Crippen LogP contribution in [-0.2, 0) is 14.2 Å². The summed E-state index contributed by atoms with van der Waals surface area (Å²) in [6.45, 7) is 7.43. The van der Waals surface area contributed by atoms with E-state index in [1.807, 2.05) is 23.7 Å². The van der Waals surface area contributed by atoms with E-state index in [2.05, 4.69) is 24.0 Å². The first-order chi connectivity index (χ1) is 18.6. The molecule has 1 unspecified atom stereocenters. The third-order valence-electron chi connectivity index (χ3n) is 7.51. The zero-order valence-electron chi connectivity index (χ0n) is 22.5. The van der Waals surface area contributed by atoms with E-state index in [1.165, 1.54) is 0 Å². The molecule has 5 heterocycles. The second kappa shape index (κ2) is 11.0. The van der Waals surface area contributed by atoms with E-state index in [4.69, 9.17) is 38.8 Å². The summed E-state index contributed by atoms with van der Waals surface area (Å²) in [6.07, 6.45) is 4.72. The van der Waals surface area contributed by atoms with E-state index >= 15 is 0 Å². The third-order valence-corrected chi connectivity index (χ3v) is 7.51. The van der Waals surface area contributed by atoms with Crippen LogP contribution in [0, 0.1) is 0 Å². The number of anilines is 1. The van der Waals surface area contributed by atoms with Crippen LogP contribution in [0.3, 0.4) is 0 Å². The Labute approximate surface area is 223 Å². The minimum absolute atomic E-state index is 0.00492. The second-order valence-electron chi connectivity index (χ2n) is 10.5. The van der Waals surface area contributed by atoms with Crippen molar-refractivity contribution in [1.82, 2.24) is 19.7 Å². The number of benzene rings is 1. The monoisotopic (exact) mass is 523 g/mol. The van der Waals surface area contributed by atoms with Crippen LogP contribution in [0.25, 0.3) is 22.3 Å². The fraction of sp³-hybridized carbons (Fsp3) is 0.607. The number of hydrogen-bond acceptors (Lipinski definition) is 9. The average molecular weight is 524 g/mol. The lowest BCUT2D eigenvalue weighted by Gasteiger charge is -2.23. The maximum atomic E-state index is 6.28. The Kier molecular flexibility index (Phi) is 7.36. The van der Waals surface area contributed by atoms with Crippen molar-refractivity contribution in [3.63, 3.8) is 0 Å². The highest BCUT2D eigenvalue weighted by Gasteiger charge is 2.27. The van der Waals surface area contributed by atoms with Crippen molar-refractivity contribution in [2.45, 2.75) is 70.5 Å². The molecule has 4 bridgehead atoms. The van der Waals surface area contributed by atoms with E-state index < -0.39 is 0 Å². The molecule has 204 valence electrons. The van der Waals surface area contributed by atoms with Gasteiger partial charge in [-0.15, -0.1) is 0 Å². The lowest BCUT2D eigenvalue weighted by Crippen LogP contribution is -2.25. The van der Waals surface area contributed by atoms with Crippen molar-refractivity contribution < 1.29 is 23.7 Å². The summed E-state index contributed by atoms with van der Waals surface area (Å²) < 4.78 is 32.1. The van der Waals surface area contributed by atoms with E-state index in [1.54, 1.807) is 7.11 Å². The van der Waals surface area contributed by atoms with Crippen molar-refractivity contribution in [1.29, 1.82) is 0 Å². The van der Waals surface area contributed by atoms with Gasteiger partial charge in [-0.1, -0.05) is 0 Å². The molecule has 0 radical (unpaired) electrons. The molecule has 0 N–H and O–H groups in total. The lowest BCUT2D eigenvalue weighted by atomic mass is 10.1. The zero-order valence-corrected chi connectivity index (χ0v) is 22.5. The van der Waals surface area contributed by atoms with Crippen molar-refractivity contribution in [2.75, 3.05) is 44.9 Å². The molecule has 10 nitrogen and oxygen atoms in total. The fourth-order valence-corrected chi connectivity index (χ4v) is 5.40. The Morgan fingerprint density at radius 3 is 2.71 bits per heavy atom. The van der Waals surface area contributed by atoms with Crippen molar-refractivity contribution in [3.05, 3.63) is 24.3 Å². The van der Waals surface area contributed by atoms with Gasteiger partial charge in [0.25, 0.3) is 0 Å². The summed E-state index contributed by atoms with van der Waals surface area (Å²) in [5.41, 5.74) is 2.47. The molecule has 2 fully saturated rings. The van der Waals surface area contributed by atoms with Gasteiger partial charge in [-0.25, -0.2) is 4.68 Å². The van der Waals surface area contributed by atoms with E-state index in [-0.39, 0.29) is 24.5 Å². The van der Waals surface area contributed by atoms with Crippen LogP contribution in [0.1, 0.15) is 52.2 Å². The Bertz CT molecular complexity index is 1260. The van der Waals surface area contributed by atoms with Crippen LogP contribution in [0.4, 0.5) is 5.82 Å². The summed E-state index contributed by atoms with van der Waals surface area (Å²) in [7, 11) is 1.76. The molecule has 3 aliphatic rings. The highest BCUT2D eigenvalue weighted by atomic mass is 16.5. The molecular formula is C28H37N5O5. The van der Waals surface area contributed by atoms with E-state index in [0.717, 1.165) is 80.0 Å². The molecule has 38 heavy (non-hydrogen) atoms. The van der Waals surface area contributed by atoms with Crippen LogP contribution in [0.15, 0.2) is 24.3 Å². The molecule has 10 heteroatoms. The maximum Gasteiger partial charge on any atom is 0.319 e. The molecule has 4 atom stereocenters. The van der Waals surface area contributed by atoms with Gasteiger partial charge in [0.2, 0.25) is 0 Å². The minimum atomic E-state index is -0.209. The Morgan fingerprint density at radius 1 is 0.974 bits per heavy atom. The van der Waals surface area contributed by atoms with Crippen LogP contribution in [0.5, 0.6) is 11.8 Å². The molecule has 1 aromatic carbocycles. The molecule has 0 saturated carbocycles. The molecule has 3 aromatic rings. The molecule has 2 saturated heterocycles. The number of aromatic nitrogens is 4. The highest BCUT2D eigenvalue weighted by molar-refractivity contribution is 5.94. The third kappa shape index (κ3) is 5.30. The van der Waals surface area contributed by atoms with Gasteiger partial charge >= 0.3 is 6.01 Å². The van der Waals surface area contributed by atoms with Gasteiger partial charge in [0.05, 0.1) is 30.9 Å². The summed E-state index contributed by atoms with van der Waals surface area (Å²) in [5.74, 6) is 1.60. The SMILES string of the molecule is CO[C@@H]1CCN(c2cc3nc(n2)O[C@H](C)COCC[C@H](C)Oc2ccc4c(c2)c-3nn4C2CCCCO2)C1. The van der Waals surface area contributed by atoms with Gasteiger partial charge in [-0.2, -0.15) is 15.1 Å². The predicted molar refractivity (Wildman–Crippen MR) is 143 cm³/mol. The summed E-state index contributed by atoms with van der Waals surface area (Å²) >= 11 is 0. The van der Waals surface area contributed by atoms with Gasteiger partial charge in [-0.3, -0.25) is 0 Å². The first-order valence-electron chi connectivity index (χ1n) is 13.8. The molecule has 3 aliphatic heterocycles. The predicted octanol–water partition coefficient (Wildman–Crippen LogP) is 4.37. The summed E-state index contributed by atoms with van der Waals surface area (Å²) in [5, 5.41) is 6.07. The molecule has 2 aromatic heterocycles. The van der Waals surface area contributed by atoms with Gasteiger partial charge < -0.3 is 28.6 Å². The van der Waals surface area contributed by atoms with Gasteiger partial charge in [0.1, 0.15) is 29.1 Å². The zero-order chi connectivity index (χ0) is 26.1. The molecule has 6 rings (SSSR count). The normalized spacial score (nSPS) is 26.6. The van der Waals surface area contributed by atoms with Crippen LogP contribution < -0.4 is 14.4 Å². The number of rotatable bonds is 3. The highest BCUT2D eigenvalue weighted by Crippen LogP contribution is 2.36. The molecule has 0 aliphatic carbocycles. The Balaban J connectivity index is 1.49. The second-order valence-corrected chi connectivity index (χ2v) is 10.5. The van der Waals surface area contributed by atoms with Crippen LogP contribution in [-0.4, -0.2) is 78.1 Å². The summed E-state index contributed by atoms with van der Waals surface area (Å²) in [6, 6.07) is 8.48. The van der Waals surface area contributed by atoms with Crippen molar-refractivity contribution in [3.8, 4) is 23.1 Å². The Hall–Kier alpha value is -2.95. The summed E-state index contributed by atoms with van der Waals surface area (Å²) in [4.78, 5) is 11.9. The van der Waals surface area contributed by atoms with Crippen LogP contribution >= 0.6 is 0 Å². The number of hydrogen-bond donors (Lipinski definition) is 0. The fourth-order valence-electron chi connectivity index (χ4n) is 5.40.